The number of anilines is 1. The Bertz CT molecular complexity index is 643. The summed E-state index contributed by atoms with van der Waals surface area (Å²) >= 11 is 0. The van der Waals surface area contributed by atoms with Crippen molar-refractivity contribution in [3.63, 3.8) is 0 Å². The number of benzene rings is 2. The summed E-state index contributed by atoms with van der Waals surface area (Å²) in [5, 5.41) is 13.6. The van der Waals surface area contributed by atoms with Crippen molar-refractivity contribution >= 4 is 17.3 Å². The van der Waals surface area contributed by atoms with Crippen molar-refractivity contribution in [3.05, 3.63) is 64.7 Å². The molecule has 2 aromatic carbocycles. The van der Waals surface area contributed by atoms with Crippen LogP contribution in [0.3, 0.4) is 0 Å². The Morgan fingerprint density at radius 2 is 1.76 bits per heavy atom. The first-order valence-electron chi connectivity index (χ1n) is 6.34. The van der Waals surface area contributed by atoms with E-state index in [0.29, 0.717) is 5.69 Å². The van der Waals surface area contributed by atoms with Crippen LogP contribution < -0.4 is 10.1 Å². The van der Waals surface area contributed by atoms with Gasteiger partial charge < -0.3 is 10.1 Å². The monoisotopic (exact) mass is 286 g/mol. The molecule has 21 heavy (non-hydrogen) atoms. The largest absolute Gasteiger partial charge is 0.474 e. The number of hydrogen-bond acceptors (Lipinski definition) is 4. The highest BCUT2D eigenvalue weighted by Gasteiger charge is 2.20. The number of carbonyl (C=O) groups is 1. The van der Waals surface area contributed by atoms with Crippen LogP contribution in [0.15, 0.2) is 54.6 Å². The molecular weight excluding hydrogens is 272 g/mol. The van der Waals surface area contributed by atoms with Crippen LogP contribution in [0.1, 0.15) is 6.92 Å². The maximum Gasteiger partial charge on any atom is 0.310 e. The predicted molar refractivity (Wildman–Crippen MR) is 78.3 cm³/mol. The van der Waals surface area contributed by atoms with Gasteiger partial charge in [-0.2, -0.15) is 0 Å². The van der Waals surface area contributed by atoms with Gasteiger partial charge in [-0.3, -0.25) is 14.9 Å². The van der Waals surface area contributed by atoms with Gasteiger partial charge in [-0.05, 0) is 25.1 Å². The van der Waals surface area contributed by atoms with E-state index in [9.17, 15) is 14.9 Å². The molecule has 0 aliphatic rings. The van der Waals surface area contributed by atoms with Gasteiger partial charge in [0.05, 0.1) is 4.92 Å². The van der Waals surface area contributed by atoms with Crippen LogP contribution in [-0.4, -0.2) is 16.9 Å². The van der Waals surface area contributed by atoms with Crippen molar-refractivity contribution < 1.29 is 14.5 Å². The maximum atomic E-state index is 12.0. The number of carbonyl (C=O) groups excluding carboxylic acids is 1. The lowest BCUT2D eigenvalue weighted by Gasteiger charge is -2.14. The van der Waals surface area contributed by atoms with Crippen LogP contribution in [0.25, 0.3) is 0 Å². The number of hydrogen-bond donors (Lipinski definition) is 1. The fraction of sp³-hybridized carbons (Fsp3) is 0.133. The van der Waals surface area contributed by atoms with E-state index in [4.69, 9.17) is 4.74 Å². The average Bonchev–Trinajstić information content (AvgIpc) is 2.48. The summed E-state index contributed by atoms with van der Waals surface area (Å²) in [6.07, 6.45) is -0.855. The van der Waals surface area contributed by atoms with Crippen LogP contribution in [-0.2, 0) is 4.79 Å². The highest BCUT2D eigenvalue weighted by molar-refractivity contribution is 5.94. The van der Waals surface area contributed by atoms with E-state index in [-0.39, 0.29) is 17.3 Å². The quantitative estimate of drug-likeness (QED) is 0.676. The number of amides is 1. The van der Waals surface area contributed by atoms with Gasteiger partial charge >= 0.3 is 5.69 Å². The first-order valence-corrected chi connectivity index (χ1v) is 6.34. The number of nitro groups is 1. The molecule has 2 aromatic rings. The first kappa shape index (κ1) is 14.5. The Balaban J connectivity index is 2.06. The lowest BCUT2D eigenvalue weighted by atomic mass is 10.2. The van der Waals surface area contributed by atoms with Gasteiger partial charge in [0.25, 0.3) is 5.91 Å². The zero-order valence-corrected chi connectivity index (χ0v) is 11.4. The van der Waals surface area contributed by atoms with Gasteiger partial charge in [0.15, 0.2) is 11.9 Å². The third kappa shape index (κ3) is 3.79. The number of para-hydroxylation sites is 3. The molecule has 0 heterocycles. The van der Waals surface area contributed by atoms with E-state index in [1.165, 1.54) is 19.1 Å². The normalized spacial score (nSPS) is 11.5. The van der Waals surface area contributed by atoms with Crippen molar-refractivity contribution in [3.8, 4) is 5.75 Å². The molecule has 1 N–H and O–H groups in total. The molecule has 0 radical (unpaired) electrons. The summed E-state index contributed by atoms with van der Waals surface area (Å²) in [7, 11) is 0. The zero-order valence-electron chi connectivity index (χ0n) is 11.4. The van der Waals surface area contributed by atoms with E-state index in [1.807, 2.05) is 6.07 Å². The highest BCUT2D eigenvalue weighted by atomic mass is 16.6. The highest BCUT2D eigenvalue weighted by Crippen LogP contribution is 2.26. The van der Waals surface area contributed by atoms with Crippen LogP contribution >= 0.6 is 0 Å². The van der Waals surface area contributed by atoms with E-state index >= 15 is 0 Å². The van der Waals surface area contributed by atoms with Gasteiger partial charge in [0.1, 0.15) is 0 Å². The van der Waals surface area contributed by atoms with Crippen LogP contribution in [0.4, 0.5) is 11.4 Å². The maximum absolute atomic E-state index is 12.0. The molecule has 0 aliphatic heterocycles. The molecule has 0 saturated heterocycles. The Morgan fingerprint density at radius 3 is 2.43 bits per heavy atom. The summed E-state index contributed by atoms with van der Waals surface area (Å²) < 4.78 is 5.39. The van der Waals surface area contributed by atoms with E-state index < -0.39 is 11.0 Å². The fourth-order valence-electron chi connectivity index (χ4n) is 1.72. The van der Waals surface area contributed by atoms with Crippen molar-refractivity contribution in [2.45, 2.75) is 13.0 Å². The van der Waals surface area contributed by atoms with Gasteiger partial charge in [-0.25, -0.2) is 0 Å². The number of nitro benzene ring substituents is 1. The summed E-state index contributed by atoms with van der Waals surface area (Å²) in [5.41, 5.74) is 0.470. The summed E-state index contributed by atoms with van der Waals surface area (Å²) in [6, 6.07) is 14.9. The Hall–Kier alpha value is -2.89. The van der Waals surface area contributed by atoms with Gasteiger partial charge in [0, 0.05) is 11.8 Å². The molecular formula is C15H14N2O4. The molecule has 0 aromatic heterocycles. The minimum atomic E-state index is -0.855. The van der Waals surface area contributed by atoms with Crippen LogP contribution in [0.5, 0.6) is 5.75 Å². The second-order valence-electron chi connectivity index (χ2n) is 4.34. The third-order valence-corrected chi connectivity index (χ3v) is 2.78. The van der Waals surface area contributed by atoms with E-state index in [0.717, 1.165) is 0 Å². The molecule has 2 rings (SSSR count). The van der Waals surface area contributed by atoms with Gasteiger partial charge in [-0.1, -0.05) is 30.3 Å². The van der Waals surface area contributed by atoms with Gasteiger partial charge in [0.2, 0.25) is 0 Å². The zero-order chi connectivity index (χ0) is 15.2. The molecule has 0 fully saturated rings. The number of rotatable bonds is 5. The molecule has 1 amide bonds. The minimum absolute atomic E-state index is 0.0678. The molecule has 6 nitrogen and oxygen atoms in total. The molecule has 1 atom stereocenters. The second kappa shape index (κ2) is 6.51. The Labute approximate surface area is 121 Å². The molecule has 6 heteroatoms. The van der Waals surface area contributed by atoms with Crippen molar-refractivity contribution in [2.75, 3.05) is 5.32 Å². The SMILES string of the molecule is CC(Oc1ccccc1[N+](=O)[O-])C(=O)Nc1ccccc1. The Kier molecular flexibility index (Phi) is 4.50. The molecule has 1 unspecified atom stereocenters. The van der Waals surface area contributed by atoms with E-state index in [1.54, 1.807) is 36.4 Å². The number of nitrogens with one attached hydrogen (secondary N) is 1. The predicted octanol–water partition coefficient (Wildman–Crippen LogP) is 3.00. The lowest BCUT2D eigenvalue weighted by molar-refractivity contribution is -0.386. The van der Waals surface area contributed by atoms with Crippen molar-refractivity contribution in [2.24, 2.45) is 0 Å². The topological polar surface area (TPSA) is 81.5 Å². The number of ether oxygens (including phenoxy) is 1. The van der Waals surface area contributed by atoms with Gasteiger partial charge in [-0.15, -0.1) is 0 Å². The van der Waals surface area contributed by atoms with Crippen LogP contribution in [0.2, 0.25) is 0 Å². The fourth-order valence-corrected chi connectivity index (χ4v) is 1.72. The van der Waals surface area contributed by atoms with Crippen molar-refractivity contribution in [1.29, 1.82) is 0 Å². The summed E-state index contributed by atoms with van der Waals surface area (Å²) in [5.74, 6) is -0.308. The van der Waals surface area contributed by atoms with Crippen LogP contribution in [0, 0.1) is 10.1 Å². The molecule has 0 spiro atoms. The second-order valence-corrected chi connectivity index (χ2v) is 4.34. The summed E-state index contributed by atoms with van der Waals surface area (Å²) in [4.78, 5) is 22.3. The summed E-state index contributed by atoms with van der Waals surface area (Å²) in [6.45, 7) is 1.54. The molecule has 108 valence electrons. The van der Waals surface area contributed by atoms with Crippen molar-refractivity contribution in [1.82, 2.24) is 0 Å². The Morgan fingerprint density at radius 1 is 1.14 bits per heavy atom. The molecule has 0 aliphatic carbocycles. The smallest absolute Gasteiger partial charge is 0.310 e. The standard InChI is InChI=1S/C15H14N2O4/c1-11(15(18)16-12-7-3-2-4-8-12)21-14-10-6-5-9-13(14)17(19)20/h2-11H,1H3,(H,16,18). The first-order chi connectivity index (χ1) is 10.1. The van der Waals surface area contributed by atoms with E-state index in [2.05, 4.69) is 5.32 Å². The lowest BCUT2D eigenvalue weighted by Crippen LogP contribution is -2.30. The molecule has 0 saturated carbocycles. The minimum Gasteiger partial charge on any atom is -0.474 e. The third-order valence-electron chi connectivity index (χ3n) is 2.78. The average molecular weight is 286 g/mol. The molecule has 0 bridgehead atoms. The number of nitrogens with zero attached hydrogens (tertiary/aromatic N) is 1.